The van der Waals surface area contributed by atoms with Gasteiger partial charge in [-0.25, -0.2) is 4.39 Å². The fraction of sp³-hybridized carbons (Fsp3) is 0.438. The maximum Gasteiger partial charge on any atom is 0.123 e. The quantitative estimate of drug-likeness (QED) is 0.796. The molecule has 2 rings (SSSR count). The molecule has 0 fully saturated rings. The molecule has 1 unspecified atom stereocenters. The van der Waals surface area contributed by atoms with Gasteiger partial charge in [0.05, 0.1) is 5.69 Å². The summed E-state index contributed by atoms with van der Waals surface area (Å²) in [5.74, 6) is 0.752. The maximum absolute atomic E-state index is 12.9. The molecule has 0 saturated carbocycles. The largest absolute Gasteiger partial charge is 0.316 e. The Balaban J connectivity index is 1.95. The third kappa shape index (κ3) is 4.58. The number of hydrogen-bond acceptors (Lipinski definition) is 3. The number of nitrogens with zero attached hydrogens (tertiary/aromatic N) is 2. The molecule has 1 aromatic carbocycles. The topological polar surface area (TPSA) is 29.9 Å². The van der Waals surface area contributed by atoms with Crippen molar-refractivity contribution in [3.8, 4) is 0 Å². The van der Waals surface area contributed by atoms with E-state index in [0.29, 0.717) is 6.04 Å². The molecule has 0 amide bonds. The van der Waals surface area contributed by atoms with Gasteiger partial charge in [0.15, 0.2) is 0 Å². The van der Waals surface area contributed by atoms with Crippen LogP contribution in [0, 0.1) is 12.7 Å². The van der Waals surface area contributed by atoms with Gasteiger partial charge in [0.25, 0.3) is 0 Å². The van der Waals surface area contributed by atoms with E-state index in [-0.39, 0.29) is 5.82 Å². The molecular weight excluding hydrogens is 285 g/mol. The van der Waals surface area contributed by atoms with Gasteiger partial charge in [-0.15, -0.1) is 11.8 Å². The molecule has 1 aromatic heterocycles. The fourth-order valence-corrected chi connectivity index (χ4v) is 3.27. The molecule has 0 spiro atoms. The first-order valence-corrected chi connectivity index (χ1v) is 8.20. The molecule has 5 heteroatoms. The van der Waals surface area contributed by atoms with Crippen LogP contribution < -0.4 is 5.32 Å². The van der Waals surface area contributed by atoms with Gasteiger partial charge in [0.1, 0.15) is 5.82 Å². The van der Waals surface area contributed by atoms with E-state index < -0.39 is 0 Å². The smallest absolute Gasteiger partial charge is 0.123 e. The molecule has 3 nitrogen and oxygen atoms in total. The van der Waals surface area contributed by atoms with Crippen LogP contribution in [0.15, 0.2) is 35.2 Å². The molecule has 0 aliphatic carbocycles. The molecule has 1 heterocycles. The Labute approximate surface area is 129 Å². The van der Waals surface area contributed by atoms with Crippen LogP contribution in [0.2, 0.25) is 0 Å². The summed E-state index contributed by atoms with van der Waals surface area (Å²) in [6.45, 7) is 5.03. The summed E-state index contributed by atoms with van der Waals surface area (Å²) >= 11 is 1.74. The number of hydrogen-bond donors (Lipinski definition) is 1. The molecule has 0 saturated heterocycles. The van der Waals surface area contributed by atoms with E-state index in [4.69, 9.17) is 0 Å². The summed E-state index contributed by atoms with van der Waals surface area (Å²) < 4.78 is 15.0. The first-order valence-electron chi connectivity index (χ1n) is 7.21. The van der Waals surface area contributed by atoms with Crippen molar-refractivity contribution in [1.82, 2.24) is 15.1 Å². The molecule has 0 aliphatic heterocycles. The van der Waals surface area contributed by atoms with E-state index in [0.717, 1.165) is 29.3 Å². The molecule has 21 heavy (non-hydrogen) atoms. The second-order valence-corrected chi connectivity index (χ2v) is 6.14. The SMILES string of the molecule is CCn1nc(C)cc1CC(CSc1ccc(F)cc1)NC. The summed E-state index contributed by atoms with van der Waals surface area (Å²) in [5, 5.41) is 7.84. The number of thioether (sulfide) groups is 1. The van der Waals surface area contributed by atoms with Crippen LogP contribution in [0.4, 0.5) is 4.39 Å². The Morgan fingerprint density at radius 1 is 1.33 bits per heavy atom. The van der Waals surface area contributed by atoms with Gasteiger partial charge in [0.2, 0.25) is 0 Å². The summed E-state index contributed by atoms with van der Waals surface area (Å²) in [6.07, 6.45) is 0.944. The molecular formula is C16H22FN3S. The van der Waals surface area contributed by atoms with E-state index in [1.807, 2.05) is 26.1 Å². The fourth-order valence-electron chi connectivity index (χ4n) is 2.26. The highest BCUT2D eigenvalue weighted by molar-refractivity contribution is 7.99. The summed E-state index contributed by atoms with van der Waals surface area (Å²) in [7, 11) is 1.98. The Kier molecular flexibility index (Phi) is 5.82. The van der Waals surface area contributed by atoms with Crippen LogP contribution in [-0.4, -0.2) is 28.6 Å². The first-order chi connectivity index (χ1) is 10.1. The average Bonchev–Trinajstić information content (AvgIpc) is 2.85. The van der Waals surface area contributed by atoms with Gasteiger partial charge in [-0.3, -0.25) is 4.68 Å². The number of rotatable bonds is 7. The molecule has 114 valence electrons. The summed E-state index contributed by atoms with van der Waals surface area (Å²) in [4.78, 5) is 1.09. The summed E-state index contributed by atoms with van der Waals surface area (Å²) in [6, 6.07) is 9.18. The molecule has 1 atom stereocenters. The minimum atomic E-state index is -0.188. The van der Waals surface area contributed by atoms with Crippen molar-refractivity contribution in [1.29, 1.82) is 0 Å². The predicted molar refractivity (Wildman–Crippen MR) is 86.3 cm³/mol. The van der Waals surface area contributed by atoms with Crippen molar-refractivity contribution < 1.29 is 4.39 Å². The van der Waals surface area contributed by atoms with Crippen LogP contribution in [0.25, 0.3) is 0 Å². The summed E-state index contributed by atoms with van der Waals surface area (Å²) in [5.41, 5.74) is 2.32. The molecule has 0 radical (unpaired) electrons. The van der Waals surface area contributed by atoms with Crippen LogP contribution >= 0.6 is 11.8 Å². The van der Waals surface area contributed by atoms with Crippen LogP contribution in [0.1, 0.15) is 18.3 Å². The van der Waals surface area contributed by atoms with Crippen LogP contribution in [0.3, 0.4) is 0 Å². The van der Waals surface area contributed by atoms with Crippen LogP contribution in [-0.2, 0) is 13.0 Å². The van der Waals surface area contributed by atoms with Gasteiger partial charge < -0.3 is 5.32 Å². The van der Waals surface area contributed by atoms with E-state index in [9.17, 15) is 4.39 Å². The number of benzene rings is 1. The molecule has 1 N–H and O–H groups in total. The first kappa shape index (κ1) is 16.0. The standard InChI is InChI=1S/C16H22FN3S/c1-4-20-15(9-12(2)19-20)10-14(18-3)11-21-16-7-5-13(17)6-8-16/h5-9,14,18H,4,10-11H2,1-3H3. The Morgan fingerprint density at radius 2 is 2.05 bits per heavy atom. The normalized spacial score (nSPS) is 12.6. The lowest BCUT2D eigenvalue weighted by Crippen LogP contribution is -2.31. The zero-order valence-electron chi connectivity index (χ0n) is 12.8. The number of halogens is 1. The monoisotopic (exact) mass is 307 g/mol. The van der Waals surface area contributed by atoms with Gasteiger partial charge in [0, 0.05) is 35.3 Å². The minimum Gasteiger partial charge on any atom is -0.316 e. The van der Waals surface area contributed by atoms with E-state index in [2.05, 4.69) is 28.1 Å². The maximum atomic E-state index is 12.9. The van der Waals surface area contributed by atoms with E-state index in [1.54, 1.807) is 11.8 Å². The lowest BCUT2D eigenvalue weighted by Gasteiger charge is -2.16. The Morgan fingerprint density at radius 3 is 2.67 bits per heavy atom. The third-order valence-corrected chi connectivity index (χ3v) is 4.59. The highest BCUT2D eigenvalue weighted by Gasteiger charge is 2.12. The highest BCUT2D eigenvalue weighted by atomic mass is 32.2. The zero-order chi connectivity index (χ0) is 15.2. The van der Waals surface area contributed by atoms with Crippen molar-refractivity contribution in [2.24, 2.45) is 0 Å². The van der Waals surface area contributed by atoms with E-state index in [1.165, 1.54) is 17.8 Å². The lowest BCUT2D eigenvalue weighted by atomic mass is 10.2. The second-order valence-electron chi connectivity index (χ2n) is 5.05. The number of nitrogens with one attached hydrogen (secondary N) is 1. The van der Waals surface area contributed by atoms with Crippen LogP contribution in [0.5, 0.6) is 0 Å². The van der Waals surface area contributed by atoms with Crippen molar-refractivity contribution in [3.05, 3.63) is 47.5 Å². The minimum absolute atomic E-state index is 0.188. The van der Waals surface area contributed by atoms with Crippen molar-refractivity contribution in [2.45, 2.75) is 37.8 Å². The Hall–Kier alpha value is -1.33. The average molecular weight is 307 g/mol. The van der Waals surface area contributed by atoms with Crippen molar-refractivity contribution in [2.75, 3.05) is 12.8 Å². The molecule has 0 bridgehead atoms. The lowest BCUT2D eigenvalue weighted by molar-refractivity contribution is 0.556. The highest BCUT2D eigenvalue weighted by Crippen LogP contribution is 2.20. The van der Waals surface area contributed by atoms with Gasteiger partial charge in [-0.2, -0.15) is 5.10 Å². The van der Waals surface area contributed by atoms with E-state index >= 15 is 0 Å². The second kappa shape index (κ2) is 7.61. The third-order valence-electron chi connectivity index (χ3n) is 3.41. The van der Waals surface area contributed by atoms with Crippen molar-refractivity contribution in [3.63, 3.8) is 0 Å². The molecule has 0 aliphatic rings. The number of aryl methyl sites for hydroxylation is 2. The number of likely N-dealkylation sites (N-methyl/N-ethyl adjacent to an activating group) is 1. The van der Waals surface area contributed by atoms with Gasteiger partial charge >= 0.3 is 0 Å². The molecule has 2 aromatic rings. The van der Waals surface area contributed by atoms with Gasteiger partial charge in [-0.1, -0.05) is 0 Å². The van der Waals surface area contributed by atoms with Crippen molar-refractivity contribution >= 4 is 11.8 Å². The zero-order valence-corrected chi connectivity index (χ0v) is 13.6. The van der Waals surface area contributed by atoms with Gasteiger partial charge in [-0.05, 0) is 51.2 Å². The number of aromatic nitrogens is 2. The Bertz CT molecular complexity index is 565. The predicted octanol–water partition coefficient (Wildman–Crippen LogP) is 3.27.